The van der Waals surface area contributed by atoms with E-state index in [9.17, 15) is 0 Å². The smallest absolute Gasteiger partial charge is 0.0422 e. The molecule has 0 amide bonds. The third-order valence-corrected chi connectivity index (χ3v) is 2.63. The number of fused-ring (bicyclic) bond motifs is 2. The topological polar surface area (TPSA) is 12.0 Å². The average molecular weight is 181 g/mol. The summed E-state index contributed by atoms with van der Waals surface area (Å²) in [5, 5.41) is 5.97. The Balaban J connectivity index is 2.34. The molecule has 0 aromatic heterocycles. The first-order valence-corrected chi connectivity index (χ1v) is 4.87. The Hall–Kier alpha value is -1.76. The fourth-order valence-corrected chi connectivity index (χ4v) is 1.90. The van der Waals surface area contributed by atoms with Crippen LogP contribution in [0.2, 0.25) is 0 Å². The zero-order valence-corrected chi connectivity index (χ0v) is 7.83. The van der Waals surface area contributed by atoms with Crippen molar-refractivity contribution in [3.05, 3.63) is 48.0 Å². The largest absolute Gasteiger partial charge is 0.381 e. The van der Waals surface area contributed by atoms with E-state index in [0.29, 0.717) is 0 Å². The lowest BCUT2D eigenvalue weighted by atomic mass is 10.0. The van der Waals surface area contributed by atoms with Crippen molar-refractivity contribution in [3.8, 4) is 0 Å². The Labute approximate surface area is 83.1 Å². The highest BCUT2D eigenvalue weighted by Gasteiger charge is 2.04. The van der Waals surface area contributed by atoms with Gasteiger partial charge in [-0.2, -0.15) is 0 Å². The highest BCUT2D eigenvalue weighted by atomic mass is 14.9. The Bertz CT molecular complexity index is 512. The van der Waals surface area contributed by atoms with E-state index in [1.807, 2.05) is 0 Å². The maximum absolute atomic E-state index is 3.37. The summed E-state index contributed by atoms with van der Waals surface area (Å²) < 4.78 is 0. The van der Waals surface area contributed by atoms with Crippen LogP contribution in [0.15, 0.2) is 42.5 Å². The van der Waals surface area contributed by atoms with Crippen LogP contribution in [0.1, 0.15) is 5.56 Å². The molecule has 2 aromatic rings. The van der Waals surface area contributed by atoms with Crippen LogP contribution in [-0.2, 0) is 0 Å². The number of anilines is 1. The minimum atomic E-state index is 0.936. The molecule has 1 nitrogen and oxygen atoms in total. The van der Waals surface area contributed by atoms with Gasteiger partial charge in [0.2, 0.25) is 0 Å². The van der Waals surface area contributed by atoms with E-state index in [2.05, 4.69) is 53.9 Å². The van der Waals surface area contributed by atoms with Gasteiger partial charge in [-0.3, -0.25) is 0 Å². The zero-order chi connectivity index (χ0) is 9.38. The summed E-state index contributed by atoms with van der Waals surface area (Å²) in [5.41, 5.74) is 2.53. The molecule has 1 aliphatic heterocycles. The van der Waals surface area contributed by atoms with Crippen LogP contribution < -0.4 is 5.32 Å². The van der Waals surface area contributed by atoms with Crippen LogP contribution in [0.5, 0.6) is 0 Å². The molecule has 14 heavy (non-hydrogen) atoms. The molecule has 1 N–H and O–H groups in total. The number of hydrogen-bond acceptors (Lipinski definition) is 1. The number of nitrogens with one attached hydrogen (secondary N) is 1. The van der Waals surface area contributed by atoms with Gasteiger partial charge in [0.25, 0.3) is 0 Å². The molecule has 3 rings (SSSR count). The molecule has 0 radical (unpaired) electrons. The third-order valence-electron chi connectivity index (χ3n) is 2.63. The fraction of sp³-hybridized carbons (Fsp3) is 0.0769. The normalized spacial score (nSPS) is 13.7. The molecular weight excluding hydrogens is 170 g/mol. The summed E-state index contributed by atoms with van der Waals surface area (Å²) in [6.07, 6.45) is 4.33. The van der Waals surface area contributed by atoms with E-state index in [-0.39, 0.29) is 0 Å². The predicted octanol–water partition coefficient (Wildman–Crippen LogP) is 3.28. The second-order valence-corrected chi connectivity index (χ2v) is 3.57. The van der Waals surface area contributed by atoms with Gasteiger partial charge >= 0.3 is 0 Å². The molecule has 1 heterocycles. The second kappa shape index (κ2) is 2.88. The van der Waals surface area contributed by atoms with Crippen molar-refractivity contribution < 1.29 is 0 Å². The van der Waals surface area contributed by atoms with E-state index < -0.39 is 0 Å². The summed E-state index contributed by atoms with van der Waals surface area (Å²) >= 11 is 0. The van der Waals surface area contributed by atoms with E-state index in [0.717, 1.165) is 6.54 Å². The summed E-state index contributed by atoms with van der Waals surface area (Å²) in [5.74, 6) is 0. The zero-order valence-electron chi connectivity index (χ0n) is 7.83. The monoisotopic (exact) mass is 181 g/mol. The van der Waals surface area contributed by atoms with Crippen LogP contribution in [-0.4, -0.2) is 6.54 Å². The van der Waals surface area contributed by atoms with Crippen molar-refractivity contribution in [3.63, 3.8) is 0 Å². The summed E-state index contributed by atoms with van der Waals surface area (Å²) in [6.45, 7) is 0.936. The minimum absolute atomic E-state index is 0.936. The fourth-order valence-electron chi connectivity index (χ4n) is 1.90. The first-order chi connectivity index (χ1) is 6.93. The second-order valence-electron chi connectivity index (χ2n) is 3.57. The van der Waals surface area contributed by atoms with Gasteiger partial charge in [0.15, 0.2) is 0 Å². The van der Waals surface area contributed by atoms with Gasteiger partial charge < -0.3 is 5.32 Å². The Morgan fingerprint density at radius 3 is 2.64 bits per heavy atom. The van der Waals surface area contributed by atoms with Crippen LogP contribution in [0, 0.1) is 0 Å². The van der Waals surface area contributed by atoms with E-state index in [1.54, 1.807) is 0 Å². The summed E-state index contributed by atoms with van der Waals surface area (Å²) in [4.78, 5) is 0. The molecule has 68 valence electrons. The highest BCUT2D eigenvalue weighted by Crippen LogP contribution is 2.26. The molecular formula is C13H11N. The van der Waals surface area contributed by atoms with E-state index in [1.165, 1.54) is 22.0 Å². The standard InChI is InChI=1S/C13H11N/c1-2-5-11-9-13-12(6-3-7-14-13)8-10(11)4-1/h1-6,8-9,14H,7H2. The molecule has 0 fully saturated rings. The lowest BCUT2D eigenvalue weighted by Crippen LogP contribution is -2.03. The highest BCUT2D eigenvalue weighted by molar-refractivity contribution is 5.90. The van der Waals surface area contributed by atoms with Gasteiger partial charge in [0, 0.05) is 12.2 Å². The number of benzene rings is 2. The van der Waals surface area contributed by atoms with E-state index >= 15 is 0 Å². The molecule has 0 bridgehead atoms. The molecule has 0 saturated carbocycles. The predicted molar refractivity (Wildman–Crippen MR) is 61.5 cm³/mol. The molecule has 0 saturated heterocycles. The van der Waals surface area contributed by atoms with Crippen molar-refractivity contribution >= 4 is 22.5 Å². The Kier molecular flexibility index (Phi) is 1.57. The van der Waals surface area contributed by atoms with Crippen molar-refractivity contribution in [2.45, 2.75) is 0 Å². The molecule has 0 atom stereocenters. The van der Waals surface area contributed by atoms with Crippen molar-refractivity contribution in [1.29, 1.82) is 0 Å². The van der Waals surface area contributed by atoms with Gasteiger partial charge in [-0.15, -0.1) is 0 Å². The number of rotatable bonds is 0. The summed E-state index contributed by atoms with van der Waals surface area (Å²) in [6, 6.07) is 12.9. The number of hydrogen-bond donors (Lipinski definition) is 1. The SMILES string of the molecule is C1=Cc2cc3ccccc3cc2NC1. The Morgan fingerprint density at radius 2 is 1.79 bits per heavy atom. The first kappa shape index (κ1) is 7.63. The average Bonchev–Trinajstić information content (AvgIpc) is 2.26. The molecule has 0 spiro atoms. The van der Waals surface area contributed by atoms with Crippen molar-refractivity contribution in [1.82, 2.24) is 0 Å². The van der Waals surface area contributed by atoms with Gasteiger partial charge in [-0.05, 0) is 28.5 Å². The molecule has 1 heteroatoms. The van der Waals surface area contributed by atoms with Crippen LogP contribution in [0.25, 0.3) is 16.8 Å². The van der Waals surface area contributed by atoms with Crippen LogP contribution >= 0.6 is 0 Å². The van der Waals surface area contributed by atoms with Gasteiger partial charge in [0.1, 0.15) is 0 Å². The molecule has 1 aliphatic rings. The van der Waals surface area contributed by atoms with Gasteiger partial charge in [-0.1, -0.05) is 36.4 Å². The molecule has 0 aliphatic carbocycles. The van der Waals surface area contributed by atoms with Gasteiger partial charge in [-0.25, -0.2) is 0 Å². The van der Waals surface area contributed by atoms with Crippen LogP contribution in [0.4, 0.5) is 5.69 Å². The summed E-state index contributed by atoms with van der Waals surface area (Å²) in [7, 11) is 0. The van der Waals surface area contributed by atoms with E-state index in [4.69, 9.17) is 0 Å². The quantitative estimate of drug-likeness (QED) is 0.657. The van der Waals surface area contributed by atoms with Gasteiger partial charge in [0.05, 0.1) is 0 Å². The van der Waals surface area contributed by atoms with Crippen molar-refractivity contribution in [2.24, 2.45) is 0 Å². The molecule has 0 unspecified atom stereocenters. The first-order valence-electron chi connectivity index (χ1n) is 4.87. The lowest BCUT2D eigenvalue weighted by Gasteiger charge is -2.13. The van der Waals surface area contributed by atoms with Crippen molar-refractivity contribution in [2.75, 3.05) is 11.9 Å². The van der Waals surface area contributed by atoms with Crippen LogP contribution in [0.3, 0.4) is 0 Å². The molecule has 2 aromatic carbocycles. The maximum atomic E-state index is 3.37. The Morgan fingerprint density at radius 1 is 1.00 bits per heavy atom. The third kappa shape index (κ3) is 1.10. The minimum Gasteiger partial charge on any atom is -0.381 e. The lowest BCUT2D eigenvalue weighted by molar-refractivity contribution is 1.32. The maximum Gasteiger partial charge on any atom is 0.0422 e.